The minimum Gasteiger partial charge on any atom is -0.384 e. The summed E-state index contributed by atoms with van der Waals surface area (Å²) in [6.45, 7) is 6.24. The van der Waals surface area contributed by atoms with Crippen molar-refractivity contribution in [2.75, 3.05) is 27.4 Å². The Morgan fingerprint density at radius 2 is 1.37 bits per heavy atom. The predicted octanol–water partition coefficient (Wildman–Crippen LogP) is 7.68. The first-order valence-electron chi connectivity index (χ1n) is 14.1. The van der Waals surface area contributed by atoms with Gasteiger partial charge in [0.15, 0.2) is 0 Å². The molecule has 0 saturated heterocycles. The molecule has 3 aromatic rings. The number of hydrogen-bond donors (Lipinski definition) is 0. The molecule has 0 radical (unpaired) electrons. The lowest BCUT2D eigenvalue weighted by atomic mass is 9.75. The molecule has 0 aromatic heterocycles. The van der Waals surface area contributed by atoms with Gasteiger partial charge >= 0.3 is 0 Å². The number of fused-ring (bicyclic) bond motifs is 1. The van der Waals surface area contributed by atoms with Crippen LogP contribution in [0.4, 0.5) is 0 Å². The summed E-state index contributed by atoms with van der Waals surface area (Å²) in [4.78, 5) is 0. The summed E-state index contributed by atoms with van der Waals surface area (Å²) < 4.78 is 11.5. The highest BCUT2D eigenvalue weighted by Gasteiger charge is 2.41. The van der Waals surface area contributed by atoms with Gasteiger partial charge in [0.2, 0.25) is 0 Å². The average Bonchev–Trinajstić information content (AvgIpc) is 3.32. The van der Waals surface area contributed by atoms with Gasteiger partial charge < -0.3 is 9.47 Å². The van der Waals surface area contributed by atoms with E-state index in [0.717, 1.165) is 51.7 Å². The third-order valence-electron chi connectivity index (χ3n) is 8.83. The van der Waals surface area contributed by atoms with Gasteiger partial charge in [0, 0.05) is 25.6 Å². The van der Waals surface area contributed by atoms with Crippen molar-refractivity contribution < 1.29 is 9.47 Å². The Morgan fingerprint density at radius 1 is 0.763 bits per heavy atom. The van der Waals surface area contributed by atoms with Crippen molar-refractivity contribution in [1.29, 1.82) is 0 Å². The monoisotopic (exact) mass is 506 g/mol. The molecule has 2 aliphatic rings. The van der Waals surface area contributed by atoms with E-state index >= 15 is 0 Å². The first-order valence-corrected chi connectivity index (χ1v) is 14.1. The van der Waals surface area contributed by atoms with E-state index in [2.05, 4.69) is 92.7 Å². The quantitative estimate of drug-likeness (QED) is 0.281. The molecule has 2 aliphatic carbocycles. The molecule has 198 valence electrons. The van der Waals surface area contributed by atoms with Gasteiger partial charge in [0.05, 0.1) is 13.2 Å². The van der Waals surface area contributed by atoms with Crippen LogP contribution >= 0.6 is 0 Å². The van der Waals surface area contributed by atoms with E-state index in [1.54, 1.807) is 22.3 Å². The molecule has 0 bridgehead atoms. The van der Waals surface area contributed by atoms with Crippen LogP contribution in [0.2, 0.25) is 0 Å². The second kappa shape index (κ2) is 11.8. The van der Waals surface area contributed by atoms with Crippen LogP contribution in [0.15, 0.2) is 84.5 Å². The van der Waals surface area contributed by atoms with E-state index in [1.165, 1.54) is 27.8 Å². The molecule has 2 nitrogen and oxygen atoms in total. The first-order chi connectivity index (χ1) is 18.5. The third-order valence-corrected chi connectivity index (χ3v) is 8.83. The van der Waals surface area contributed by atoms with Crippen LogP contribution in [0, 0.1) is 19.3 Å². The molecule has 0 N–H and O–H groups in total. The Labute approximate surface area is 229 Å². The first kappa shape index (κ1) is 26.7. The summed E-state index contributed by atoms with van der Waals surface area (Å²) in [5.41, 5.74) is 13.6. The van der Waals surface area contributed by atoms with Crippen molar-refractivity contribution in [2.45, 2.75) is 58.3 Å². The molecule has 0 heterocycles. The van der Waals surface area contributed by atoms with E-state index in [9.17, 15) is 0 Å². The van der Waals surface area contributed by atoms with Crippen LogP contribution in [-0.2, 0) is 41.6 Å². The van der Waals surface area contributed by atoms with E-state index in [4.69, 9.17) is 9.47 Å². The number of allylic oxidation sites excluding steroid dienone is 4. The number of ether oxygens (including phenoxy) is 2. The highest BCUT2D eigenvalue weighted by atomic mass is 16.5. The van der Waals surface area contributed by atoms with E-state index in [-0.39, 0.29) is 5.41 Å². The number of rotatable bonds is 10. The molecule has 0 unspecified atom stereocenters. The van der Waals surface area contributed by atoms with Gasteiger partial charge in [0.1, 0.15) is 0 Å². The zero-order valence-corrected chi connectivity index (χ0v) is 23.6. The normalized spacial score (nSPS) is 17.9. The van der Waals surface area contributed by atoms with Crippen molar-refractivity contribution in [3.8, 4) is 0 Å². The summed E-state index contributed by atoms with van der Waals surface area (Å²) in [7, 11) is 3.65. The Bertz CT molecular complexity index is 1290. The fraction of sp³-hybridized carbons (Fsp3) is 0.389. The third kappa shape index (κ3) is 5.44. The lowest BCUT2D eigenvalue weighted by molar-refractivity contribution is 0.0167. The molecular weight excluding hydrogens is 464 g/mol. The van der Waals surface area contributed by atoms with E-state index in [0.29, 0.717) is 5.92 Å². The molecular formula is C36H42O2. The summed E-state index contributed by atoms with van der Waals surface area (Å²) in [5.74, 6) is 0.412. The summed E-state index contributed by atoms with van der Waals surface area (Å²) >= 11 is 0. The average molecular weight is 507 g/mol. The smallest absolute Gasteiger partial charge is 0.0547 e. The van der Waals surface area contributed by atoms with Crippen molar-refractivity contribution in [3.63, 3.8) is 0 Å². The topological polar surface area (TPSA) is 18.5 Å². The Balaban J connectivity index is 1.60. The number of methoxy groups -OCH3 is 2. The summed E-state index contributed by atoms with van der Waals surface area (Å²) in [6, 6.07) is 21.9. The van der Waals surface area contributed by atoms with E-state index in [1.807, 2.05) is 14.2 Å². The summed E-state index contributed by atoms with van der Waals surface area (Å²) in [6.07, 6.45) is 13.3. The lowest BCUT2D eigenvalue weighted by Crippen LogP contribution is -2.32. The van der Waals surface area contributed by atoms with Gasteiger partial charge in [-0.25, -0.2) is 0 Å². The molecule has 0 fully saturated rings. The maximum absolute atomic E-state index is 5.76. The van der Waals surface area contributed by atoms with Gasteiger partial charge in [-0.2, -0.15) is 0 Å². The molecule has 1 atom stereocenters. The standard InChI is InChI=1S/C36H42O2/c1-26-31(20-19-28-13-7-5-8-14-28)35(27(2)34-23-36(24-37-3,25-38-4)22-33(26)34)32-18-12-11-17-30(32)21-29-15-9-6-10-16-29/h5-17,32H,18-25H2,1-4H3/t32-/m1/s1. The van der Waals surface area contributed by atoms with Crippen molar-refractivity contribution >= 4 is 0 Å². The van der Waals surface area contributed by atoms with Crippen LogP contribution in [-0.4, -0.2) is 27.4 Å². The fourth-order valence-corrected chi connectivity index (χ4v) is 7.07. The molecule has 2 heteroatoms. The van der Waals surface area contributed by atoms with Crippen LogP contribution in [0.1, 0.15) is 56.8 Å². The predicted molar refractivity (Wildman–Crippen MR) is 158 cm³/mol. The zero-order chi connectivity index (χ0) is 26.5. The highest BCUT2D eigenvalue weighted by Crippen LogP contribution is 2.47. The number of hydrogen-bond acceptors (Lipinski definition) is 2. The Morgan fingerprint density at radius 3 is 2.00 bits per heavy atom. The second-order valence-corrected chi connectivity index (χ2v) is 11.4. The van der Waals surface area contributed by atoms with Gasteiger partial charge in [-0.05, 0) is 96.9 Å². The van der Waals surface area contributed by atoms with Crippen LogP contribution in [0.5, 0.6) is 0 Å². The van der Waals surface area contributed by atoms with Crippen LogP contribution in [0.3, 0.4) is 0 Å². The molecule has 38 heavy (non-hydrogen) atoms. The van der Waals surface area contributed by atoms with Gasteiger partial charge in [-0.3, -0.25) is 0 Å². The number of benzene rings is 3. The summed E-state index contributed by atoms with van der Waals surface area (Å²) in [5, 5.41) is 0. The fourth-order valence-electron chi connectivity index (χ4n) is 7.07. The molecule has 5 rings (SSSR count). The molecule has 0 saturated carbocycles. The van der Waals surface area contributed by atoms with E-state index < -0.39 is 0 Å². The minimum atomic E-state index is 0.0197. The van der Waals surface area contributed by atoms with Gasteiger partial charge in [-0.15, -0.1) is 0 Å². The Hall–Kier alpha value is -2.94. The van der Waals surface area contributed by atoms with Gasteiger partial charge in [0.25, 0.3) is 0 Å². The lowest BCUT2D eigenvalue weighted by Gasteiger charge is -2.30. The maximum atomic E-state index is 5.76. The Kier molecular flexibility index (Phi) is 8.31. The van der Waals surface area contributed by atoms with Gasteiger partial charge in [-0.1, -0.05) is 84.5 Å². The molecule has 0 spiro atoms. The van der Waals surface area contributed by atoms with Crippen LogP contribution < -0.4 is 0 Å². The minimum absolute atomic E-state index is 0.0197. The van der Waals surface area contributed by atoms with Crippen molar-refractivity contribution in [3.05, 3.63) is 129 Å². The second-order valence-electron chi connectivity index (χ2n) is 11.4. The molecule has 3 aromatic carbocycles. The molecule has 0 aliphatic heterocycles. The molecule has 0 amide bonds. The highest BCUT2D eigenvalue weighted by molar-refractivity contribution is 5.58. The SMILES string of the molecule is COCC1(COC)Cc2c(C)c(CCc3ccccc3)c([C@@H]3CC=CC=C3Cc3ccccc3)c(C)c2C1. The van der Waals surface area contributed by atoms with Crippen LogP contribution in [0.25, 0.3) is 0 Å². The van der Waals surface area contributed by atoms with Crippen molar-refractivity contribution in [1.82, 2.24) is 0 Å². The maximum Gasteiger partial charge on any atom is 0.0547 e. The van der Waals surface area contributed by atoms with Crippen molar-refractivity contribution in [2.24, 2.45) is 5.41 Å². The number of aryl methyl sites for hydroxylation is 1. The zero-order valence-electron chi connectivity index (χ0n) is 23.6. The largest absolute Gasteiger partial charge is 0.384 e.